The Kier molecular flexibility index (Phi) is 4.57. The Bertz CT molecular complexity index is 960. The molecule has 0 bridgehead atoms. The summed E-state index contributed by atoms with van der Waals surface area (Å²) in [4.78, 5) is 0. The van der Waals surface area contributed by atoms with Crippen molar-refractivity contribution in [2.24, 2.45) is 0 Å². The van der Waals surface area contributed by atoms with E-state index in [0.717, 1.165) is 21.9 Å². The zero-order valence-corrected chi connectivity index (χ0v) is 13.4. The SMILES string of the molecule is Cc1ccc(COCc2cc(C#N)c3ccccc3c2C#N)cc1. The van der Waals surface area contributed by atoms with Crippen LogP contribution in [0.1, 0.15) is 27.8 Å². The highest BCUT2D eigenvalue weighted by Crippen LogP contribution is 2.26. The van der Waals surface area contributed by atoms with E-state index in [9.17, 15) is 10.5 Å². The van der Waals surface area contributed by atoms with Crippen LogP contribution in [0.4, 0.5) is 0 Å². The molecule has 0 radical (unpaired) electrons. The van der Waals surface area contributed by atoms with Crippen molar-refractivity contribution in [3.8, 4) is 12.1 Å². The molecule has 0 aliphatic rings. The Morgan fingerprint density at radius 2 is 1.58 bits per heavy atom. The maximum absolute atomic E-state index is 9.54. The third-order valence-corrected chi connectivity index (χ3v) is 4.01. The predicted molar refractivity (Wildman–Crippen MR) is 93.1 cm³/mol. The number of fused-ring (bicyclic) bond motifs is 1. The standard InChI is InChI=1S/C21H16N2O/c1-15-6-8-16(9-7-15)13-24-14-18-10-17(11-22)19-4-2-3-5-20(19)21(18)12-23/h2-10H,13-14H2,1H3. The fourth-order valence-corrected chi connectivity index (χ4v) is 2.73. The minimum absolute atomic E-state index is 0.302. The Balaban J connectivity index is 1.88. The van der Waals surface area contributed by atoms with Gasteiger partial charge in [0, 0.05) is 10.8 Å². The first-order chi connectivity index (χ1) is 11.7. The van der Waals surface area contributed by atoms with Gasteiger partial charge in [-0.1, -0.05) is 54.1 Å². The van der Waals surface area contributed by atoms with Gasteiger partial charge in [-0.15, -0.1) is 0 Å². The molecule has 0 spiro atoms. The van der Waals surface area contributed by atoms with Gasteiger partial charge in [-0.3, -0.25) is 0 Å². The van der Waals surface area contributed by atoms with Crippen LogP contribution in [0.2, 0.25) is 0 Å². The fraction of sp³-hybridized carbons (Fsp3) is 0.143. The lowest BCUT2D eigenvalue weighted by molar-refractivity contribution is 0.107. The smallest absolute Gasteiger partial charge is 0.100 e. The molecule has 116 valence electrons. The van der Waals surface area contributed by atoms with Gasteiger partial charge in [0.05, 0.1) is 30.4 Å². The average Bonchev–Trinajstić information content (AvgIpc) is 2.62. The summed E-state index contributed by atoms with van der Waals surface area (Å²) in [6, 6.07) is 21.9. The molecule has 0 aromatic heterocycles. The molecule has 3 heteroatoms. The van der Waals surface area contributed by atoms with Crippen molar-refractivity contribution in [2.75, 3.05) is 0 Å². The first-order valence-corrected chi connectivity index (χ1v) is 7.71. The molecule has 3 aromatic carbocycles. The van der Waals surface area contributed by atoms with Crippen LogP contribution < -0.4 is 0 Å². The quantitative estimate of drug-likeness (QED) is 0.707. The van der Waals surface area contributed by atoms with Gasteiger partial charge >= 0.3 is 0 Å². The largest absolute Gasteiger partial charge is 0.372 e. The average molecular weight is 312 g/mol. The molecule has 0 aliphatic heterocycles. The van der Waals surface area contributed by atoms with Crippen LogP contribution in [0.25, 0.3) is 10.8 Å². The normalized spacial score (nSPS) is 10.3. The zero-order valence-electron chi connectivity index (χ0n) is 13.4. The lowest BCUT2D eigenvalue weighted by atomic mass is 9.96. The number of nitriles is 2. The van der Waals surface area contributed by atoms with E-state index in [1.807, 2.05) is 55.5 Å². The monoisotopic (exact) mass is 312 g/mol. The van der Waals surface area contributed by atoms with Crippen molar-refractivity contribution in [1.29, 1.82) is 10.5 Å². The molecule has 0 heterocycles. The number of benzene rings is 3. The third kappa shape index (κ3) is 3.13. The van der Waals surface area contributed by atoms with Crippen molar-refractivity contribution in [1.82, 2.24) is 0 Å². The van der Waals surface area contributed by atoms with Crippen molar-refractivity contribution in [3.05, 3.63) is 82.4 Å². The molecule has 0 fully saturated rings. The first-order valence-electron chi connectivity index (χ1n) is 7.71. The van der Waals surface area contributed by atoms with E-state index in [4.69, 9.17) is 4.74 Å². The molecule has 3 nitrogen and oxygen atoms in total. The minimum Gasteiger partial charge on any atom is -0.372 e. The summed E-state index contributed by atoms with van der Waals surface area (Å²) in [6.45, 7) is 2.82. The number of aryl methyl sites for hydroxylation is 1. The van der Waals surface area contributed by atoms with Crippen molar-refractivity contribution >= 4 is 10.8 Å². The summed E-state index contributed by atoms with van der Waals surface area (Å²) < 4.78 is 5.78. The van der Waals surface area contributed by atoms with Gasteiger partial charge in [0.15, 0.2) is 0 Å². The number of hydrogen-bond acceptors (Lipinski definition) is 3. The maximum atomic E-state index is 9.54. The van der Waals surface area contributed by atoms with Crippen LogP contribution in [-0.2, 0) is 18.0 Å². The Morgan fingerprint density at radius 3 is 2.25 bits per heavy atom. The van der Waals surface area contributed by atoms with Crippen LogP contribution in [0.3, 0.4) is 0 Å². The summed E-state index contributed by atoms with van der Waals surface area (Å²) in [5.41, 5.74) is 4.19. The lowest BCUT2D eigenvalue weighted by Crippen LogP contribution is -1.99. The highest BCUT2D eigenvalue weighted by molar-refractivity contribution is 5.93. The Hall–Kier alpha value is -3.14. The van der Waals surface area contributed by atoms with E-state index in [1.165, 1.54) is 5.56 Å². The van der Waals surface area contributed by atoms with Crippen LogP contribution in [0.15, 0.2) is 54.6 Å². The lowest BCUT2D eigenvalue weighted by Gasteiger charge is -2.10. The second kappa shape index (κ2) is 6.96. The van der Waals surface area contributed by atoms with Gasteiger partial charge in [-0.2, -0.15) is 10.5 Å². The van der Waals surface area contributed by atoms with Gasteiger partial charge in [0.2, 0.25) is 0 Å². The molecule has 0 amide bonds. The number of rotatable bonds is 4. The summed E-state index contributed by atoms with van der Waals surface area (Å²) >= 11 is 0. The summed E-state index contributed by atoms with van der Waals surface area (Å²) in [5.74, 6) is 0. The van der Waals surface area contributed by atoms with Crippen LogP contribution in [-0.4, -0.2) is 0 Å². The molecule has 0 atom stereocenters. The van der Waals surface area contributed by atoms with E-state index in [-0.39, 0.29) is 0 Å². The molecule has 0 unspecified atom stereocenters. The predicted octanol–water partition coefficient (Wildman–Crippen LogP) is 4.61. The van der Waals surface area contributed by atoms with Gasteiger partial charge < -0.3 is 4.74 Å². The molecule has 0 saturated carbocycles. The van der Waals surface area contributed by atoms with Gasteiger partial charge in [0.1, 0.15) is 6.07 Å². The molecular formula is C21H16N2O. The van der Waals surface area contributed by atoms with Crippen molar-refractivity contribution in [3.63, 3.8) is 0 Å². The molecule has 3 aromatic rings. The van der Waals surface area contributed by atoms with Crippen LogP contribution in [0, 0.1) is 29.6 Å². The van der Waals surface area contributed by atoms with Crippen molar-refractivity contribution < 1.29 is 4.74 Å². The van der Waals surface area contributed by atoms with E-state index in [0.29, 0.717) is 24.3 Å². The zero-order chi connectivity index (χ0) is 16.9. The van der Waals surface area contributed by atoms with Crippen molar-refractivity contribution in [2.45, 2.75) is 20.1 Å². The maximum Gasteiger partial charge on any atom is 0.100 e. The number of ether oxygens (including phenoxy) is 1. The Morgan fingerprint density at radius 1 is 0.875 bits per heavy atom. The second-order valence-corrected chi connectivity index (χ2v) is 5.71. The van der Waals surface area contributed by atoms with Gasteiger partial charge in [0.25, 0.3) is 0 Å². The summed E-state index contributed by atoms with van der Waals surface area (Å²) in [5, 5.41) is 20.5. The van der Waals surface area contributed by atoms with Crippen LogP contribution >= 0.6 is 0 Å². The summed E-state index contributed by atoms with van der Waals surface area (Å²) in [7, 11) is 0. The van der Waals surface area contributed by atoms with Gasteiger partial charge in [-0.05, 0) is 24.1 Å². The van der Waals surface area contributed by atoms with E-state index >= 15 is 0 Å². The second-order valence-electron chi connectivity index (χ2n) is 5.71. The highest BCUT2D eigenvalue weighted by atomic mass is 16.5. The number of nitrogens with zero attached hydrogens (tertiary/aromatic N) is 2. The molecule has 24 heavy (non-hydrogen) atoms. The minimum atomic E-state index is 0.302. The molecular weight excluding hydrogens is 296 g/mol. The topological polar surface area (TPSA) is 56.8 Å². The highest BCUT2D eigenvalue weighted by Gasteiger charge is 2.11. The molecule has 0 N–H and O–H groups in total. The third-order valence-electron chi connectivity index (χ3n) is 4.01. The molecule has 3 rings (SSSR count). The molecule has 0 aliphatic carbocycles. The van der Waals surface area contributed by atoms with Gasteiger partial charge in [-0.25, -0.2) is 0 Å². The van der Waals surface area contributed by atoms with Crippen LogP contribution in [0.5, 0.6) is 0 Å². The summed E-state index contributed by atoms with van der Waals surface area (Å²) in [6.07, 6.45) is 0. The fourth-order valence-electron chi connectivity index (χ4n) is 2.73. The van der Waals surface area contributed by atoms with E-state index in [1.54, 1.807) is 6.07 Å². The van der Waals surface area contributed by atoms with E-state index < -0.39 is 0 Å². The molecule has 0 saturated heterocycles. The first kappa shape index (κ1) is 15.7. The van der Waals surface area contributed by atoms with E-state index in [2.05, 4.69) is 12.1 Å². The number of hydrogen-bond donors (Lipinski definition) is 0. The Labute approximate surface area is 141 Å².